The van der Waals surface area contributed by atoms with Gasteiger partial charge in [0.15, 0.2) is 5.82 Å². The molecule has 0 bridgehead atoms. The molecule has 34 heavy (non-hydrogen) atoms. The van der Waals surface area contributed by atoms with Gasteiger partial charge < -0.3 is 19.5 Å². The van der Waals surface area contributed by atoms with Crippen LogP contribution in [-0.4, -0.2) is 38.0 Å². The Kier molecular flexibility index (Phi) is 6.94. The molecule has 176 valence electrons. The number of pyridine rings is 1. The summed E-state index contributed by atoms with van der Waals surface area (Å²) in [6, 6.07) is 20.0. The Labute approximate surface area is 207 Å². The predicted molar refractivity (Wildman–Crippen MR) is 143 cm³/mol. The van der Waals surface area contributed by atoms with Crippen LogP contribution >= 0.6 is 11.6 Å². The first-order chi connectivity index (χ1) is 16.4. The molecule has 0 spiro atoms. The van der Waals surface area contributed by atoms with Crippen LogP contribution in [0.25, 0.3) is 5.70 Å². The first-order valence-electron chi connectivity index (χ1n) is 11.6. The summed E-state index contributed by atoms with van der Waals surface area (Å²) in [5.74, 6) is 1.59. The van der Waals surface area contributed by atoms with Crippen LogP contribution in [0.4, 0.5) is 17.3 Å². The van der Waals surface area contributed by atoms with Gasteiger partial charge in [0, 0.05) is 36.9 Å². The molecule has 1 aliphatic rings. The van der Waals surface area contributed by atoms with Crippen molar-refractivity contribution in [3.8, 4) is 0 Å². The van der Waals surface area contributed by atoms with E-state index in [1.165, 1.54) is 5.56 Å². The Morgan fingerprint density at radius 3 is 2.47 bits per heavy atom. The molecule has 2 heterocycles. The number of aldehydes is 1. The van der Waals surface area contributed by atoms with E-state index in [1.807, 2.05) is 50.2 Å². The summed E-state index contributed by atoms with van der Waals surface area (Å²) in [6.45, 7) is 9.21. The van der Waals surface area contributed by atoms with E-state index in [9.17, 15) is 4.79 Å². The zero-order valence-corrected chi connectivity index (χ0v) is 21.0. The normalized spacial score (nSPS) is 15.7. The minimum Gasteiger partial charge on any atom is -0.375 e. The van der Waals surface area contributed by atoms with Gasteiger partial charge in [-0.05, 0) is 48.7 Å². The molecule has 1 aliphatic heterocycles. The lowest BCUT2D eigenvalue weighted by Crippen LogP contribution is -2.37. The second-order valence-electron chi connectivity index (χ2n) is 8.83. The molecule has 0 radical (unpaired) electrons. The maximum absolute atomic E-state index is 11.8. The molecule has 0 amide bonds. The standard InChI is InChI=1S/C28H31ClN4O/c1-6-17-32(19(2)18-34)28-25(31(4)5)15-16-26(30-28)33-20(3)23-9-7-8-10-24(23)27(33)21-11-13-22(29)14-12-21/h7-16,18-19,27H,3,6,17H2,1-2,4-5H3. The minimum atomic E-state index is -0.285. The van der Waals surface area contributed by atoms with E-state index in [2.05, 4.69) is 59.7 Å². The zero-order valence-electron chi connectivity index (χ0n) is 20.2. The molecule has 2 atom stereocenters. The number of aromatic nitrogens is 1. The molecule has 0 fully saturated rings. The van der Waals surface area contributed by atoms with Crippen molar-refractivity contribution in [1.29, 1.82) is 0 Å². The maximum Gasteiger partial charge on any atom is 0.155 e. The van der Waals surface area contributed by atoms with Crippen LogP contribution in [0.5, 0.6) is 0 Å². The fourth-order valence-corrected chi connectivity index (χ4v) is 4.74. The van der Waals surface area contributed by atoms with Crippen molar-refractivity contribution in [3.05, 3.63) is 89.0 Å². The number of benzene rings is 2. The fraction of sp³-hybridized carbons (Fsp3) is 0.286. The lowest BCUT2D eigenvalue weighted by molar-refractivity contribution is -0.108. The molecule has 3 aromatic rings. The number of hydrogen-bond acceptors (Lipinski definition) is 5. The van der Waals surface area contributed by atoms with Crippen LogP contribution in [0.1, 0.15) is 43.0 Å². The van der Waals surface area contributed by atoms with Crippen molar-refractivity contribution in [2.75, 3.05) is 35.3 Å². The summed E-state index contributed by atoms with van der Waals surface area (Å²) in [4.78, 5) is 23.2. The highest BCUT2D eigenvalue weighted by Gasteiger charge is 2.36. The van der Waals surface area contributed by atoms with Gasteiger partial charge >= 0.3 is 0 Å². The van der Waals surface area contributed by atoms with Gasteiger partial charge in [0.2, 0.25) is 0 Å². The fourth-order valence-electron chi connectivity index (χ4n) is 4.61. The highest BCUT2D eigenvalue weighted by atomic mass is 35.5. The molecular weight excluding hydrogens is 444 g/mol. The SMILES string of the molecule is C=C1c2ccccc2C(c2ccc(Cl)cc2)N1c1ccc(N(C)C)c(N(CCC)C(C)C=O)n1. The topological polar surface area (TPSA) is 39.7 Å². The summed E-state index contributed by atoms with van der Waals surface area (Å²) in [6.07, 6.45) is 1.89. The monoisotopic (exact) mass is 474 g/mol. The Balaban J connectivity index is 1.89. The Bertz CT molecular complexity index is 1190. The number of anilines is 3. The van der Waals surface area contributed by atoms with Crippen LogP contribution in [-0.2, 0) is 4.79 Å². The number of rotatable bonds is 8. The zero-order chi connectivity index (χ0) is 24.4. The van der Waals surface area contributed by atoms with Crippen molar-refractivity contribution in [3.63, 3.8) is 0 Å². The van der Waals surface area contributed by atoms with Gasteiger partial charge in [-0.1, -0.05) is 61.5 Å². The van der Waals surface area contributed by atoms with Crippen molar-refractivity contribution in [1.82, 2.24) is 4.98 Å². The van der Waals surface area contributed by atoms with Gasteiger partial charge in [-0.25, -0.2) is 4.98 Å². The van der Waals surface area contributed by atoms with Crippen LogP contribution < -0.4 is 14.7 Å². The van der Waals surface area contributed by atoms with Crippen molar-refractivity contribution >= 4 is 40.9 Å². The van der Waals surface area contributed by atoms with E-state index < -0.39 is 0 Å². The second kappa shape index (κ2) is 9.90. The molecule has 0 saturated carbocycles. The summed E-state index contributed by atoms with van der Waals surface area (Å²) < 4.78 is 0. The molecular formula is C28H31ClN4O. The van der Waals surface area contributed by atoms with Crippen LogP contribution in [0, 0.1) is 0 Å². The molecule has 1 aromatic heterocycles. The third kappa shape index (κ3) is 4.28. The van der Waals surface area contributed by atoms with E-state index in [-0.39, 0.29) is 12.1 Å². The summed E-state index contributed by atoms with van der Waals surface area (Å²) in [5, 5.41) is 0.703. The Morgan fingerprint density at radius 2 is 1.82 bits per heavy atom. The van der Waals surface area contributed by atoms with Crippen molar-refractivity contribution in [2.45, 2.75) is 32.4 Å². The number of halogens is 1. The Hall–Kier alpha value is -3.31. The number of hydrogen-bond donors (Lipinski definition) is 0. The van der Waals surface area contributed by atoms with Gasteiger partial charge in [-0.2, -0.15) is 0 Å². The largest absolute Gasteiger partial charge is 0.375 e. The molecule has 2 aromatic carbocycles. The molecule has 0 N–H and O–H groups in total. The van der Waals surface area contributed by atoms with Gasteiger partial charge in [0.25, 0.3) is 0 Å². The van der Waals surface area contributed by atoms with Crippen molar-refractivity contribution in [2.24, 2.45) is 0 Å². The lowest BCUT2D eigenvalue weighted by Gasteiger charge is -2.33. The van der Waals surface area contributed by atoms with E-state index >= 15 is 0 Å². The third-order valence-corrected chi connectivity index (χ3v) is 6.55. The van der Waals surface area contributed by atoms with Crippen LogP contribution in [0.2, 0.25) is 5.02 Å². The van der Waals surface area contributed by atoms with E-state index in [0.717, 1.165) is 53.4 Å². The van der Waals surface area contributed by atoms with Gasteiger partial charge in [-0.15, -0.1) is 0 Å². The average Bonchev–Trinajstić information content (AvgIpc) is 3.14. The molecule has 0 saturated heterocycles. The summed E-state index contributed by atoms with van der Waals surface area (Å²) in [5.41, 5.74) is 5.27. The first-order valence-corrected chi connectivity index (χ1v) is 12.0. The predicted octanol–water partition coefficient (Wildman–Crippen LogP) is 6.19. The summed E-state index contributed by atoms with van der Waals surface area (Å²) >= 11 is 6.19. The third-order valence-electron chi connectivity index (χ3n) is 6.29. The van der Waals surface area contributed by atoms with E-state index in [4.69, 9.17) is 16.6 Å². The molecule has 5 nitrogen and oxygen atoms in total. The van der Waals surface area contributed by atoms with Gasteiger partial charge in [0.1, 0.15) is 12.1 Å². The van der Waals surface area contributed by atoms with Crippen LogP contribution in [0.3, 0.4) is 0 Å². The lowest BCUT2D eigenvalue weighted by atomic mass is 9.98. The maximum atomic E-state index is 11.8. The number of nitrogens with zero attached hydrogens (tertiary/aromatic N) is 4. The molecule has 6 heteroatoms. The first kappa shape index (κ1) is 23.8. The van der Waals surface area contributed by atoms with Gasteiger partial charge in [-0.3, -0.25) is 0 Å². The van der Waals surface area contributed by atoms with Gasteiger partial charge in [0.05, 0.1) is 17.8 Å². The summed E-state index contributed by atoms with van der Waals surface area (Å²) in [7, 11) is 3.99. The number of carbonyl (C=O) groups is 1. The highest BCUT2D eigenvalue weighted by Crippen LogP contribution is 2.47. The number of fused-ring (bicyclic) bond motifs is 1. The highest BCUT2D eigenvalue weighted by molar-refractivity contribution is 6.30. The average molecular weight is 475 g/mol. The van der Waals surface area contributed by atoms with E-state index in [0.29, 0.717) is 5.02 Å². The van der Waals surface area contributed by atoms with Crippen molar-refractivity contribution < 1.29 is 4.79 Å². The quantitative estimate of drug-likeness (QED) is 0.364. The molecule has 2 unspecified atom stereocenters. The minimum absolute atomic E-state index is 0.0744. The second-order valence-corrected chi connectivity index (χ2v) is 9.27. The van der Waals surface area contributed by atoms with E-state index in [1.54, 1.807) is 0 Å². The Morgan fingerprint density at radius 1 is 1.12 bits per heavy atom. The number of carbonyl (C=O) groups excluding carboxylic acids is 1. The van der Waals surface area contributed by atoms with Crippen LogP contribution in [0.15, 0.2) is 67.2 Å². The smallest absolute Gasteiger partial charge is 0.155 e. The molecule has 0 aliphatic carbocycles. The molecule has 4 rings (SSSR count).